The lowest BCUT2D eigenvalue weighted by Crippen LogP contribution is -2.37. The molecule has 0 aromatic rings. The minimum absolute atomic E-state index is 0.450. The van der Waals surface area contributed by atoms with E-state index in [2.05, 4.69) is 0 Å². The standard InChI is InChI=1S/C7H13Cl3O2/c1-2-3-4-5(11)6(12)7(8,9)10/h5-6,11-12H,2-4H2,1H3. The van der Waals surface area contributed by atoms with Gasteiger partial charge in [0.1, 0.15) is 6.10 Å². The van der Waals surface area contributed by atoms with Crippen LogP contribution in [0, 0.1) is 0 Å². The largest absolute Gasteiger partial charge is 0.390 e. The first-order chi connectivity index (χ1) is 5.39. The number of halogens is 3. The van der Waals surface area contributed by atoms with E-state index in [0.29, 0.717) is 6.42 Å². The number of hydrogen-bond acceptors (Lipinski definition) is 2. The molecule has 0 aromatic carbocycles. The molecule has 0 amide bonds. The maximum atomic E-state index is 9.28. The predicted molar refractivity (Wildman–Crippen MR) is 51.8 cm³/mol. The van der Waals surface area contributed by atoms with Gasteiger partial charge in [-0.05, 0) is 6.42 Å². The van der Waals surface area contributed by atoms with Crippen LogP contribution in [0.2, 0.25) is 0 Å². The average Bonchev–Trinajstić information content (AvgIpc) is 1.97. The number of hydrogen-bond donors (Lipinski definition) is 2. The first kappa shape index (κ1) is 12.8. The molecule has 0 fully saturated rings. The van der Waals surface area contributed by atoms with E-state index in [1.807, 2.05) is 6.92 Å². The summed E-state index contributed by atoms with van der Waals surface area (Å²) in [7, 11) is 0. The van der Waals surface area contributed by atoms with Crippen LogP contribution in [0.4, 0.5) is 0 Å². The number of unbranched alkanes of at least 4 members (excludes halogenated alkanes) is 1. The van der Waals surface area contributed by atoms with Gasteiger partial charge in [0, 0.05) is 0 Å². The van der Waals surface area contributed by atoms with E-state index in [9.17, 15) is 10.2 Å². The molecule has 0 aliphatic rings. The van der Waals surface area contributed by atoms with Crippen molar-refractivity contribution in [1.82, 2.24) is 0 Å². The Bertz CT molecular complexity index is 124. The molecule has 5 heteroatoms. The molecule has 2 nitrogen and oxygen atoms in total. The van der Waals surface area contributed by atoms with Crippen molar-refractivity contribution in [3.63, 3.8) is 0 Å². The van der Waals surface area contributed by atoms with Crippen LogP contribution in [0.15, 0.2) is 0 Å². The second kappa shape index (κ2) is 5.51. The van der Waals surface area contributed by atoms with Crippen molar-refractivity contribution in [3.05, 3.63) is 0 Å². The van der Waals surface area contributed by atoms with Crippen LogP contribution in [-0.2, 0) is 0 Å². The second-order valence-corrected chi connectivity index (χ2v) is 5.06. The van der Waals surface area contributed by atoms with Gasteiger partial charge >= 0.3 is 0 Å². The SMILES string of the molecule is CCCCC(O)C(O)C(Cl)(Cl)Cl. The molecule has 2 atom stereocenters. The summed E-state index contributed by atoms with van der Waals surface area (Å²) in [6.45, 7) is 1.98. The molecular weight excluding hydrogens is 222 g/mol. The summed E-state index contributed by atoms with van der Waals surface area (Å²) in [6, 6.07) is 0. The van der Waals surface area contributed by atoms with Gasteiger partial charge in [-0.3, -0.25) is 0 Å². The van der Waals surface area contributed by atoms with Crippen molar-refractivity contribution >= 4 is 34.8 Å². The van der Waals surface area contributed by atoms with Gasteiger partial charge in [0.2, 0.25) is 3.79 Å². The topological polar surface area (TPSA) is 40.5 Å². The molecule has 2 unspecified atom stereocenters. The summed E-state index contributed by atoms with van der Waals surface area (Å²) >= 11 is 16.1. The maximum absolute atomic E-state index is 9.28. The summed E-state index contributed by atoms with van der Waals surface area (Å²) in [5.41, 5.74) is 0. The third-order valence-corrected chi connectivity index (χ3v) is 2.22. The van der Waals surface area contributed by atoms with E-state index in [0.717, 1.165) is 12.8 Å². The monoisotopic (exact) mass is 234 g/mol. The van der Waals surface area contributed by atoms with Crippen LogP contribution < -0.4 is 0 Å². The Morgan fingerprint density at radius 3 is 2.08 bits per heavy atom. The molecule has 74 valence electrons. The third kappa shape index (κ3) is 4.73. The molecule has 0 aliphatic carbocycles. The normalized spacial score (nSPS) is 17.5. The van der Waals surface area contributed by atoms with Crippen molar-refractivity contribution in [2.75, 3.05) is 0 Å². The van der Waals surface area contributed by atoms with Crippen LogP contribution in [0.5, 0.6) is 0 Å². The Hall–Kier alpha value is 0.790. The Morgan fingerprint density at radius 2 is 1.75 bits per heavy atom. The highest BCUT2D eigenvalue weighted by Crippen LogP contribution is 2.32. The second-order valence-electron chi connectivity index (χ2n) is 2.70. The Morgan fingerprint density at radius 1 is 1.25 bits per heavy atom. The summed E-state index contributed by atoms with van der Waals surface area (Å²) in [4.78, 5) is 0. The highest BCUT2D eigenvalue weighted by molar-refractivity contribution is 6.68. The van der Waals surface area contributed by atoms with Gasteiger partial charge in [-0.25, -0.2) is 0 Å². The minimum atomic E-state index is -1.80. The molecule has 0 aromatic heterocycles. The zero-order chi connectivity index (χ0) is 9.78. The lowest BCUT2D eigenvalue weighted by Gasteiger charge is -2.23. The molecule has 0 rings (SSSR count). The highest BCUT2D eigenvalue weighted by Gasteiger charge is 2.35. The lowest BCUT2D eigenvalue weighted by molar-refractivity contribution is 0.0160. The Kier molecular flexibility index (Phi) is 5.87. The number of aliphatic hydroxyl groups excluding tert-OH is 2. The van der Waals surface area contributed by atoms with Gasteiger partial charge in [0.25, 0.3) is 0 Å². The predicted octanol–water partition coefficient (Wildman–Crippen LogP) is 2.27. The fraction of sp³-hybridized carbons (Fsp3) is 1.00. The zero-order valence-electron chi connectivity index (χ0n) is 6.80. The number of rotatable bonds is 4. The maximum Gasteiger partial charge on any atom is 0.218 e. The van der Waals surface area contributed by atoms with Crippen LogP contribution in [0.1, 0.15) is 26.2 Å². The molecular formula is C7H13Cl3O2. The quantitative estimate of drug-likeness (QED) is 0.734. The molecule has 0 bridgehead atoms. The first-order valence-corrected chi connectivity index (χ1v) is 4.95. The van der Waals surface area contributed by atoms with Crippen molar-refractivity contribution in [1.29, 1.82) is 0 Å². The molecule has 0 radical (unpaired) electrons. The minimum Gasteiger partial charge on any atom is -0.390 e. The van der Waals surface area contributed by atoms with E-state index in [4.69, 9.17) is 34.8 Å². The van der Waals surface area contributed by atoms with Crippen molar-refractivity contribution in [2.24, 2.45) is 0 Å². The van der Waals surface area contributed by atoms with Gasteiger partial charge < -0.3 is 10.2 Å². The van der Waals surface area contributed by atoms with E-state index in [1.165, 1.54) is 0 Å². The molecule has 0 aliphatic heterocycles. The summed E-state index contributed by atoms with van der Waals surface area (Å²) < 4.78 is -1.80. The fourth-order valence-corrected chi connectivity index (χ4v) is 1.23. The van der Waals surface area contributed by atoms with E-state index in [-0.39, 0.29) is 0 Å². The van der Waals surface area contributed by atoms with Crippen LogP contribution in [0.3, 0.4) is 0 Å². The van der Waals surface area contributed by atoms with Crippen molar-refractivity contribution < 1.29 is 10.2 Å². The molecule has 12 heavy (non-hydrogen) atoms. The van der Waals surface area contributed by atoms with Crippen molar-refractivity contribution in [2.45, 2.75) is 42.2 Å². The van der Waals surface area contributed by atoms with Crippen LogP contribution >= 0.6 is 34.8 Å². The Labute approximate surface area is 87.4 Å². The van der Waals surface area contributed by atoms with E-state index >= 15 is 0 Å². The molecule has 0 saturated heterocycles. The van der Waals surface area contributed by atoms with Gasteiger partial charge in [-0.2, -0.15) is 0 Å². The molecule has 2 N–H and O–H groups in total. The first-order valence-electron chi connectivity index (χ1n) is 3.82. The third-order valence-electron chi connectivity index (χ3n) is 1.55. The highest BCUT2D eigenvalue weighted by atomic mass is 35.6. The lowest BCUT2D eigenvalue weighted by atomic mass is 10.1. The zero-order valence-corrected chi connectivity index (χ0v) is 9.07. The molecule has 0 spiro atoms. The summed E-state index contributed by atoms with van der Waals surface area (Å²) in [5.74, 6) is 0. The smallest absolute Gasteiger partial charge is 0.218 e. The number of aliphatic hydroxyl groups is 2. The van der Waals surface area contributed by atoms with Crippen LogP contribution in [-0.4, -0.2) is 26.2 Å². The summed E-state index contributed by atoms with van der Waals surface area (Å²) in [6.07, 6.45) is -0.0831. The van der Waals surface area contributed by atoms with Gasteiger partial charge in [0.15, 0.2) is 0 Å². The summed E-state index contributed by atoms with van der Waals surface area (Å²) in [5, 5.41) is 18.5. The molecule has 0 saturated carbocycles. The fourth-order valence-electron chi connectivity index (χ4n) is 0.789. The van der Waals surface area contributed by atoms with Crippen LogP contribution in [0.25, 0.3) is 0 Å². The molecule has 0 heterocycles. The van der Waals surface area contributed by atoms with Gasteiger partial charge in [-0.1, -0.05) is 54.6 Å². The van der Waals surface area contributed by atoms with Gasteiger partial charge in [0.05, 0.1) is 6.10 Å². The van der Waals surface area contributed by atoms with Gasteiger partial charge in [-0.15, -0.1) is 0 Å². The van der Waals surface area contributed by atoms with E-state index in [1.54, 1.807) is 0 Å². The van der Waals surface area contributed by atoms with Crippen molar-refractivity contribution in [3.8, 4) is 0 Å². The average molecular weight is 236 g/mol. The number of alkyl halides is 3. The van der Waals surface area contributed by atoms with E-state index < -0.39 is 16.0 Å². The Balaban J connectivity index is 3.84.